The normalized spacial score (nSPS) is 15.4. The van der Waals surface area contributed by atoms with Gasteiger partial charge in [0.2, 0.25) is 5.88 Å². The maximum absolute atomic E-state index is 5.92. The van der Waals surface area contributed by atoms with Gasteiger partial charge in [-0.25, -0.2) is 9.97 Å². The van der Waals surface area contributed by atoms with Crippen molar-refractivity contribution in [1.82, 2.24) is 24.8 Å². The average molecular weight is 456 g/mol. The fourth-order valence-electron chi connectivity index (χ4n) is 3.72. The molecule has 4 heterocycles. The molecule has 0 amide bonds. The van der Waals surface area contributed by atoms with Crippen LogP contribution in [0.25, 0.3) is 10.6 Å². The lowest BCUT2D eigenvalue weighted by atomic mass is 10.1. The van der Waals surface area contributed by atoms with Gasteiger partial charge in [-0.3, -0.25) is 4.90 Å². The topological polar surface area (TPSA) is 125 Å². The molecule has 1 saturated heterocycles. The molecule has 1 aliphatic rings. The lowest BCUT2D eigenvalue weighted by Gasteiger charge is -2.26. The number of hydrogen-bond acceptors (Lipinski definition) is 10. The van der Waals surface area contributed by atoms with Crippen molar-refractivity contribution in [3.63, 3.8) is 0 Å². The third kappa shape index (κ3) is 5.63. The molecule has 1 atom stereocenters. The van der Waals surface area contributed by atoms with E-state index >= 15 is 0 Å². The van der Waals surface area contributed by atoms with Gasteiger partial charge < -0.3 is 20.9 Å². The van der Waals surface area contributed by atoms with E-state index in [0.717, 1.165) is 40.8 Å². The Morgan fingerprint density at radius 3 is 2.59 bits per heavy atom. The summed E-state index contributed by atoms with van der Waals surface area (Å²) in [6.45, 7) is 7.79. The number of ether oxygens (including phenoxy) is 2. The Labute approximate surface area is 191 Å². The SMILES string of the molecule is Cc1sc(-c2ccnc(OCCN3CCCCC3)c2)nc1[C@H](C)Oc1nc(N)cc(N)n1. The van der Waals surface area contributed by atoms with Crippen LogP contribution in [0.5, 0.6) is 11.9 Å². The molecule has 1 fully saturated rings. The van der Waals surface area contributed by atoms with Gasteiger partial charge in [0.25, 0.3) is 0 Å². The van der Waals surface area contributed by atoms with Crippen molar-refractivity contribution in [2.45, 2.75) is 39.2 Å². The maximum atomic E-state index is 5.92. The molecule has 9 nitrogen and oxygen atoms in total. The number of nitrogen functional groups attached to an aromatic ring is 2. The molecule has 0 unspecified atom stereocenters. The quantitative estimate of drug-likeness (QED) is 0.525. The van der Waals surface area contributed by atoms with Gasteiger partial charge in [-0.15, -0.1) is 11.3 Å². The highest BCUT2D eigenvalue weighted by Crippen LogP contribution is 2.33. The number of pyridine rings is 1. The number of anilines is 2. The predicted molar refractivity (Wildman–Crippen MR) is 126 cm³/mol. The number of thiazole rings is 1. The van der Waals surface area contributed by atoms with Crippen LogP contribution in [-0.4, -0.2) is 51.1 Å². The molecule has 0 aromatic carbocycles. The first kappa shape index (κ1) is 22.2. The van der Waals surface area contributed by atoms with Gasteiger partial charge in [0.05, 0.1) is 5.69 Å². The molecule has 0 aliphatic carbocycles. The van der Waals surface area contributed by atoms with Crippen LogP contribution in [0.2, 0.25) is 0 Å². The Morgan fingerprint density at radius 1 is 1.09 bits per heavy atom. The fourth-order valence-corrected chi connectivity index (χ4v) is 4.72. The van der Waals surface area contributed by atoms with Crippen molar-refractivity contribution < 1.29 is 9.47 Å². The smallest absolute Gasteiger partial charge is 0.320 e. The minimum absolute atomic E-state index is 0.136. The van der Waals surface area contributed by atoms with Gasteiger partial charge in [-0.05, 0) is 45.8 Å². The summed E-state index contributed by atoms with van der Waals surface area (Å²) in [6, 6.07) is 5.50. The maximum Gasteiger partial charge on any atom is 0.320 e. The van der Waals surface area contributed by atoms with E-state index in [1.807, 2.05) is 26.0 Å². The van der Waals surface area contributed by atoms with Crippen LogP contribution in [-0.2, 0) is 0 Å². The second-order valence-corrected chi connectivity index (χ2v) is 9.06. The third-order valence-corrected chi connectivity index (χ3v) is 6.37. The molecule has 0 radical (unpaired) electrons. The zero-order valence-electron chi connectivity index (χ0n) is 18.5. The highest BCUT2D eigenvalue weighted by molar-refractivity contribution is 7.15. The van der Waals surface area contributed by atoms with Crippen LogP contribution in [0.3, 0.4) is 0 Å². The molecular formula is C22H29N7O2S. The van der Waals surface area contributed by atoms with E-state index in [4.69, 9.17) is 25.9 Å². The van der Waals surface area contributed by atoms with Gasteiger partial charge in [-0.2, -0.15) is 9.97 Å². The van der Waals surface area contributed by atoms with E-state index in [1.54, 1.807) is 17.5 Å². The minimum Gasteiger partial charge on any atom is -0.476 e. The average Bonchev–Trinajstić information content (AvgIpc) is 3.16. The standard InChI is InChI=1S/C22H29N7O2S/c1-14(31-22-26-17(23)13-18(24)27-22)20-15(2)32-21(28-20)16-6-7-25-19(12-16)30-11-10-29-8-4-3-5-9-29/h6-7,12-14H,3-5,8-11H2,1-2H3,(H4,23,24,26,27)/t14-/m0/s1. The van der Waals surface area contributed by atoms with Gasteiger partial charge >= 0.3 is 6.01 Å². The first-order valence-electron chi connectivity index (χ1n) is 10.8. The highest BCUT2D eigenvalue weighted by atomic mass is 32.1. The molecule has 0 spiro atoms. The number of rotatable bonds is 8. The predicted octanol–water partition coefficient (Wildman–Crippen LogP) is 3.47. The molecule has 3 aromatic rings. The van der Waals surface area contributed by atoms with Crippen molar-refractivity contribution in [2.75, 3.05) is 37.7 Å². The number of likely N-dealkylation sites (tertiary alicyclic amines) is 1. The van der Waals surface area contributed by atoms with E-state index < -0.39 is 0 Å². The van der Waals surface area contributed by atoms with Gasteiger partial charge in [-0.1, -0.05) is 6.42 Å². The first-order valence-corrected chi connectivity index (χ1v) is 11.6. The van der Waals surface area contributed by atoms with Crippen LogP contribution in [0, 0.1) is 6.92 Å². The van der Waals surface area contributed by atoms with Gasteiger partial charge in [0, 0.05) is 35.3 Å². The van der Waals surface area contributed by atoms with E-state index in [-0.39, 0.29) is 23.8 Å². The summed E-state index contributed by atoms with van der Waals surface area (Å²) in [5.74, 6) is 1.14. The molecule has 0 saturated carbocycles. The Morgan fingerprint density at radius 2 is 1.84 bits per heavy atom. The molecule has 10 heteroatoms. The van der Waals surface area contributed by atoms with Crippen LogP contribution in [0.15, 0.2) is 24.4 Å². The molecule has 1 aliphatic heterocycles. The van der Waals surface area contributed by atoms with Crippen LogP contribution in [0.4, 0.5) is 11.6 Å². The second-order valence-electron chi connectivity index (χ2n) is 7.85. The third-order valence-electron chi connectivity index (χ3n) is 5.33. The lowest BCUT2D eigenvalue weighted by molar-refractivity contribution is 0.180. The van der Waals surface area contributed by atoms with Crippen LogP contribution in [0.1, 0.15) is 42.9 Å². The Kier molecular flexibility index (Phi) is 7.01. The Hall–Kier alpha value is -2.98. The van der Waals surface area contributed by atoms with E-state index in [1.165, 1.54) is 25.3 Å². The van der Waals surface area contributed by atoms with E-state index in [2.05, 4.69) is 19.9 Å². The highest BCUT2D eigenvalue weighted by Gasteiger charge is 2.19. The summed E-state index contributed by atoms with van der Waals surface area (Å²) >= 11 is 1.60. The molecule has 4 N–H and O–H groups in total. The molecule has 170 valence electrons. The van der Waals surface area contributed by atoms with Crippen molar-refractivity contribution in [3.8, 4) is 22.5 Å². The zero-order chi connectivity index (χ0) is 22.5. The van der Waals surface area contributed by atoms with E-state index in [0.29, 0.717) is 12.5 Å². The van der Waals surface area contributed by atoms with Crippen molar-refractivity contribution >= 4 is 23.0 Å². The number of piperidine rings is 1. The van der Waals surface area contributed by atoms with Crippen LogP contribution >= 0.6 is 11.3 Å². The zero-order valence-corrected chi connectivity index (χ0v) is 19.3. The number of aryl methyl sites for hydroxylation is 1. The summed E-state index contributed by atoms with van der Waals surface area (Å²) in [5, 5.41) is 0.879. The summed E-state index contributed by atoms with van der Waals surface area (Å²) in [4.78, 5) is 20.8. The number of nitrogens with two attached hydrogens (primary N) is 2. The lowest BCUT2D eigenvalue weighted by Crippen LogP contribution is -2.33. The molecular weight excluding hydrogens is 426 g/mol. The summed E-state index contributed by atoms with van der Waals surface area (Å²) in [5.41, 5.74) is 13.2. The first-order chi connectivity index (χ1) is 15.5. The van der Waals surface area contributed by atoms with Crippen LogP contribution < -0.4 is 20.9 Å². The Bertz CT molecular complexity index is 1030. The summed E-state index contributed by atoms with van der Waals surface area (Å²) < 4.78 is 11.8. The summed E-state index contributed by atoms with van der Waals surface area (Å²) in [6.07, 6.45) is 5.28. The largest absolute Gasteiger partial charge is 0.476 e. The number of aromatic nitrogens is 4. The molecule has 32 heavy (non-hydrogen) atoms. The van der Waals surface area contributed by atoms with E-state index in [9.17, 15) is 0 Å². The van der Waals surface area contributed by atoms with Gasteiger partial charge in [0.15, 0.2) is 0 Å². The molecule has 4 rings (SSSR count). The summed E-state index contributed by atoms with van der Waals surface area (Å²) in [7, 11) is 0. The van der Waals surface area contributed by atoms with Crippen molar-refractivity contribution in [2.24, 2.45) is 0 Å². The van der Waals surface area contributed by atoms with Gasteiger partial charge in [0.1, 0.15) is 29.4 Å². The van der Waals surface area contributed by atoms with Crippen molar-refractivity contribution in [3.05, 3.63) is 35.0 Å². The number of nitrogens with zero attached hydrogens (tertiary/aromatic N) is 5. The molecule has 0 bridgehead atoms. The second kappa shape index (κ2) is 10.1. The monoisotopic (exact) mass is 455 g/mol. The fraction of sp³-hybridized carbons (Fsp3) is 0.455. The Balaban J connectivity index is 1.41. The molecule has 3 aromatic heterocycles. The van der Waals surface area contributed by atoms with Crippen molar-refractivity contribution in [1.29, 1.82) is 0 Å². The number of hydrogen-bond donors (Lipinski definition) is 2. The minimum atomic E-state index is -0.358.